The van der Waals surface area contributed by atoms with E-state index in [1.54, 1.807) is 24.3 Å². The minimum atomic E-state index is -1.03. The number of hydrazone groups is 1. The van der Waals surface area contributed by atoms with E-state index >= 15 is 0 Å². The average Bonchev–Trinajstić information content (AvgIpc) is 2.50. The first-order valence-electron chi connectivity index (χ1n) is 6.24. The van der Waals surface area contributed by atoms with E-state index < -0.39 is 12.0 Å². The predicted molar refractivity (Wildman–Crippen MR) is 84.6 cm³/mol. The van der Waals surface area contributed by atoms with Crippen LogP contribution in [0.3, 0.4) is 0 Å². The molecule has 0 saturated heterocycles. The van der Waals surface area contributed by atoms with Crippen molar-refractivity contribution in [1.29, 1.82) is 0 Å². The number of hydrogen-bond donors (Lipinski definition) is 3. The van der Waals surface area contributed by atoms with Gasteiger partial charge in [0.1, 0.15) is 0 Å². The number of nitrogens with zero attached hydrogens (tertiary/aromatic N) is 1. The second kappa shape index (κ2) is 7.24. The average molecular weight is 318 g/mol. The summed E-state index contributed by atoms with van der Waals surface area (Å²) < 4.78 is 0. The normalized spacial score (nSPS) is 10.4. The van der Waals surface area contributed by atoms with E-state index in [0.29, 0.717) is 16.3 Å². The van der Waals surface area contributed by atoms with Crippen LogP contribution in [0.25, 0.3) is 0 Å². The molecule has 2 aromatic rings. The van der Waals surface area contributed by atoms with Crippen molar-refractivity contribution in [2.24, 2.45) is 5.10 Å². The molecule has 0 radical (unpaired) electrons. The van der Waals surface area contributed by atoms with Gasteiger partial charge in [-0.1, -0.05) is 29.8 Å². The third kappa shape index (κ3) is 4.32. The summed E-state index contributed by atoms with van der Waals surface area (Å²) in [7, 11) is 0. The van der Waals surface area contributed by atoms with Crippen molar-refractivity contribution in [3.8, 4) is 0 Å². The molecule has 0 atom stereocenters. The van der Waals surface area contributed by atoms with Gasteiger partial charge < -0.3 is 10.4 Å². The molecule has 112 valence electrons. The Balaban J connectivity index is 1.90. The highest BCUT2D eigenvalue weighted by atomic mass is 35.5. The van der Waals surface area contributed by atoms with Crippen molar-refractivity contribution in [2.45, 2.75) is 0 Å². The minimum Gasteiger partial charge on any atom is -0.478 e. The first-order valence-corrected chi connectivity index (χ1v) is 6.62. The van der Waals surface area contributed by atoms with Crippen LogP contribution < -0.4 is 10.7 Å². The molecule has 0 aliphatic heterocycles. The number of rotatable bonds is 4. The highest BCUT2D eigenvalue weighted by Gasteiger charge is 2.04. The fourth-order valence-electron chi connectivity index (χ4n) is 1.60. The van der Waals surface area contributed by atoms with Crippen LogP contribution in [-0.2, 0) is 0 Å². The van der Waals surface area contributed by atoms with Gasteiger partial charge in [0.15, 0.2) is 0 Å². The molecule has 3 N–H and O–H groups in total. The summed E-state index contributed by atoms with van der Waals surface area (Å²) in [6.07, 6.45) is 1.43. The fraction of sp³-hybridized carbons (Fsp3) is 0. The Labute approximate surface area is 131 Å². The second-order valence-corrected chi connectivity index (χ2v) is 4.64. The van der Waals surface area contributed by atoms with Crippen LogP contribution in [0, 0.1) is 0 Å². The van der Waals surface area contributed by atoms with Gasteiger partial charge in [-0.2, -0.15) is 5.10 Å². The SMILES string of the molecule is O=C(N/N=C/c1ccccc1Cl)Nc1ccc(C(=O)O)cc1. The maximum absolute atomic E-state index is 11.6. The molecule has 22 heavy (non-hydrogen) atoms. The van der Waals surface area contributed by atoms with Crippen LogP contribution in [0.4, 0.5) is 10.5 Å². The molecule has 0 fully saturated rings. The van der Waals surface area contributed by atoms with E-state index in [-0.39, 0.29) is 5.56 Å². The molecule has 7 heteroatoms. The number of benzene rings is 2. The van der Waals surface area contributed by atoms with Crippen LogP contribution in [0.5, 0.6) is 0 Å². The third-order valence-corrected chi connectivity index (χ3v) is 3.01. The number of urea groups is 1. The summed E-state index contributed by atoms with van der Waals surface area (Å²) in [6.45, 7) is 0. The number of carbonyl (C=O) groups excluding carboxylic acids is 1. The molecule has 0 bridgehead atoms. The molecule has 0 heterocycles. The number of anilines is 1. The Morgan fingerprint density at radius 2 is 1.77 bits per heavy atom. The monoisotopic (exact) mass is 317 g/mol. The number of halogens is 1. The lowest BCUT2D eigenvalue weighted by Crippen LogP contribution is -2.24. The van der Waals surface area contributed by atoms with Crippen LogP contribution in [-0.4, -0.2) is 23.3 Å². The third-order valence-electron chi connectivity index (χ3n) is 2.66. The summed E-state index contributed by atoms with van der Waals surface area (Å²) >= 11 is 5.94. The van der Waals surface area contributed by atoms with Crippen molar-refractivity contribution in [2.75, 3.05) is 5.32 Å². The van der Waals surface area contributed by atoms with Gasteiger partial charge in [-0.3, -0.25) is 0 Å². The zero-order valence-corrected chi connectivity index (χ0v) is 12.0. The lowest BCUT2D eigenvalue weighted by Gasteiger charge is -2.04. The fourth-order valence-corrected chi connectivity index (χ4v) is 1.78. The number of hydrogen-bond acceptors (Lipinski definition) is 3. The summed E-state index contributed by atoms with van der Waals surface area (Å²) in [6, 6.07) is 12.3. The van der Waals surface area contributed by atoms with Gasteiger partial charge >= 0.3 is 12.0 Å². The standard InChI is InChI=1S/C15H12ClN3O3/c16-13-4-2-1-3-11(13)9-17-19-15(22)18-12-7-5-10(6-8-12)14(20)21/h1-9H,(H,20,21)(H2,18,19,22)/b17-9+. The molecule has 0 aromatic heterocycles. The minimum absolute atomic E-state index is 0.141. The highest BCUT2D eigenvalue weighted by molar-refractivity contribution is 6.33. The van der Waals surface area contributed by atoms with Crippen molar-refractivity contribution < 1.29 is 14.7 Å². The van der Waals surface area contributed by atoms with E-state index in [1.165, 1.54) is 30.5 Å². The van der Waals surface area contributed by atoms with Crippen LogP contribution >= 0.6 is 11.6 Å². The molecule has 2 aromatic carbocycles. The van der Waals surface area contributed by atoms with E-state index in [1.807, 2.05) is 0 Å². The van der Waals surface area contributed by atoms with E-state index in [4.69, 9.17) is 16.7 Å². The van der Waals surface area contributed by atoms with Gasteiger partial charge in [0, 0.05) is 16.3 Å². The molecule has 0 unspecified atom stereocenters. The molecule has 0 aliphatic rings. The number of carbonyl (C=O) groups is 2. The van der Waals surface area contributed by atoms with Gasteiger partial charge in [-0.25, -0.2) is 15.0 Å². The van der Waals surface area contributed by atoms with Gasteiger partial charge in [-0.15, -0.1) is 0 Å². The van der Waals surface area contributed by atoms with Gasteiger partial charge in [0.2, 0.25) is 0 Å². The first kappa shape index (κ1) is 15.5. The summed E-state index contributed by atoms with van der Waals surface area (Å²) in [5.41, 5.74) is 3.56. The predicted octanol–water partition coefficient (Wildman–Crippen LogP) is 3.19. The maximum atomic E-state index is 11.6. The van der Waals surface area contributed by atoms with E-state index in [0.717, 1.165) is 0 Å². The topological polar surface area (TPSA) is 90.8 Å². The molecule has 0 aliphatic carbocycles. The number of carboxylic acid groups (broad SMARTS) is 1. The Bertz CT molecular complexity index is 714. The molecule has 2 rings (SSSR count). The number of nitrogens with one attached hydrogen (secondary N) is 2. The van der Waals surface area contributed by atoms with Crippen molar-refractivity contribution >= 4 is 35.5 Å². The zero-order valence-electron chi connectivity index (χ0n) is 11.3. The Morgan fingerprint density at radius 1 is 1.09 bits per heavy atom. The van der Waals surface area contributed by atoms with Crippen LogP contribution in [0.1, 0.15) is 15.9 Å². The van der Waals surface area contributed by atoms with Crippen molar-refractivity contribution in [3.05, 3.63) is 64.7 Å². The lowest BCUT2D eigenvalue weighted by atomic mass is 10.2. The molecule has 0 spiro atoms. The van der Waals surface area contributed by atoms with E-state index in [2.05, 4.69) is 15.8 Å². The van der Waals surface area contributed by atoms with E-state index in [9.17, 15) is 9.59 Å². The maximum Gasteiger partial charge on any atom is 0.339 e. The second-order valence-electron chi connectivity index (χ2n) is 4.23. The largest absolute Gasteiger partial charge is 0.478 e. The van der Waals surface area contributed by atoms with Crippen molar-refractivity contribution in [3.63, 3.8) is 0 Å². The zero-order chi connectivity index (χ0) is 15.9. The Morgan fingerprint density at radius 3 is 2.41 bits per heavy atom. The Kier molecular flexibility index (Phi) is 5.11. The number of carboxylic acids is 1. The number of amides is 2. The molecule has 2 amide bonds. The molecule has 0 saturated carbocycles. The summed E-state index contributed by atoms with van der Waals surface area (Å²) in [4.78, 5) is 22.3. The quantitative estimate of drug-likeness (QED) is 0.597. The highest BCUT2D eigenvalue weighted by Crippen LogP contribution is 2.12. The molecule has 6 nitrogen and oxygen atoms in total. The molecular weight excluding hydrogens is 306 g/mol. The smallest absolute Gasteiger partial charge is 0.339 e. The van der Waals surface area contributed by atoms with Gasteiger partial charge in [0.25, 0.3) is 0 Å². The number of aromatic carboxylic acids is 1. The lowest BCUT2D eigenvalue weighted by molar-refractivity contribution is 0.0697. The van der Waals surface area contributed by atoms with Gasteiger partial charge in [0.05, 0.1) is 11.8 Å². The first-order chi connectivity index (χ1) is 10.6. The van der Waals surface area contributed by atoms with Gasteiger partial charge in [-0.05, 0) is 30.3 Å². The Hall–Kier alpha value is -2.86. The van der Waals surface area contributed by atoms with Crippen molar-refractivity contribution in [1.82, 2.24) is 5.43 Å². The van der Waals surface area contributed by atoms with Crippen LogP contribution in [0.15, 0.2) is 53.6 Å². The molecular formula is C15H12ClN3O3. The van der Waals surface area contributed by atoms with Crippen LogP contribution in [0.2, 0.25) is 5.02 Å². The summed E-state index contributed by atoms with van der Waals surface area (Å²) in [5.74, 6) is -1.03. The summed E-state index contributed by atoms with van der Waals surface area (Å²) in [5, 5.41) is 15.6.